The summed E-state index contributed by atoms with van der Waals surface area (Å²) < 4.78 is 27.6. The third kappa shape index (κ3) is 2.76. The van der Waals surface area contributed by atoms with E-state index in [1.54, 1.807) is 24.3 Å². The average Bonchev–Trinajstić information content (AvgIpc) is 2.41. The molecule has 2 rings (SSSR count). The zero-order valence-electron chi connectivity index (χ0n) is 10.3. The molecule has 0 saturated heterocycles. The largest absolute Gasteiger partial charge is 0.271 e. The topological polar surface area (TPSA) is 38.0 Å². The van der Waals surface area contributed by atoms with Crippen molar-refractivity contribution in [3.8, 4) is 0 Å². The normalized spacial score (nSPS) is 12.5. The number of benzene rings is 2. The molecular formula is C14H13ClF2N2. The number of hydrogen-bond donors (Lipinski definition) is 2. The van der Waals surface area contributed by atoms with Crippen molar-refractivity contribution in [2.45, 2.75) is 13.0 Å². The van der Waals surface area contributed by atoms with Crippen LogP contribution in [0.5, 0.6) is 0 Å². The number of nitrogens with two attached hydrogens (primary N) is 1. The Bertz CT molecular complexity index is 585. The molecule has 0 bridgehead atoms. The molecule has 0 aliphatic carbocycles. The van der Waals surface area contributed by atoms with Gasteiger partial charge in [0.05, 0.1) is 6.04 Å². The Kier molecular flexibility index (Phi) is 4.14. The van der Waals surface area contributed by atoms with Crippen molar-refractivity contribution < 1.29 is 8.78 Å². The first-order valence-corrected chi connectivity index (χ1v) is 6.08. The second kappa shape index (κ2) is 5.65. The van der Waals surface area contributed by atoms with Crippen LogP contribution in [0.2, 0.25) is 5.02 Å². The molecule has 0 spiro atoms. The third-order valence-corrected chi connectivity index (χ3v) is 3.24. The van der Waals surface area contributed by atoms with Gasteiger partial charge in [-0.1, -0.05) is 35.9 Å². The zero-order chi connectivity index (χ0) is 14.0. The van der Waals surface area contributed by atoms with Gasteiger partial charge in [0.15, 0.2) is 11.6 Å². The molecule has 5 heteroatoms. The predicted octanol–water partition coefficient (Wildman–Crippen LogP) is 3.48. The second-order valence-electron chi connectivity index (χ2n) is 4.25. The summed E-state index contributed by atoms with van der Waals surface area (Å²) in [5.41, 5.74) is 3.61. The van der Waals surface area contributed by atoms with Crippen LogP contribution in [-0.2, 0) is 0 Å². The number of halogens is 3. The van der Waals surface area contributed by atoms with E-state index >= 15 is 0 Å². The van der Waals surface area contributed by atoms with Crippen molar-refractivity contribution in [1.82, 2.24) is 5.43 Å². The van der Waals surface area contributed by atoms with Crippen LogP contribution in [0.3, 0.4) is 0 Å². The van der Waals surface area contributed by atoms with Crippen LogP contribution in [-0.4, -0.2) is 0 Å². The van der Waals surface area contributed by atoms with Crippen LogP contribution < -0.4 is 11.3 Å². The van der Waals surface area contributed by atoms with Gasteiger partial charge in [-0.25, -0.2) is 14.2 Å². The smallest absolute Gasteiger partial charge is 0.164 e. The maximum absolute atomic E-state index is 14.0. The number of hydrazine groups is 1. The van der Waals surface area contributed by atoms with E-state index in [4.69, 9.17) is 17.4 Å². The Balaban J connectivity index is 2.48. The number of hydrogen-bond acceptors (Lipinski definition) is 2. The summed E-state index contributed by atoms with van der Waals surface area (Å²) in [5, 5.41) is 0.565. The van der Waals surface area contributed by atoms with Crippen LogP contribution >= 0.6 is 11.6 Å². The number of aryl methyl sites for hydroxylation is 1. The molecule has 0 fully saturated rings. The molecule has 2 nitrogen and oxygen atoms in total. The summed E-state index contributed by atoms with van der Waals surface area (Å²) in [4.78, 5) is 0. The van der Waals surface area contributed by atoms with Crippen molar-refractivity contribution in [3.63, 3.8) is 0 Å². The van der Waals surface area contributed by atoms with Gasteiger partial charge in [-0.3, -0.25) is 5.84 Å². The van der Waals surface area contributed by atoms with Gasteiger partial charge < -0.3 is 0 Å². The van der Waals surface area contributed by atoms with Gasteiger partial charge in [0, 0.05) is 10.6 Å². The molecule has 2 aromatic carbocycles. The van der Waals surface area contributed by atoms with E-state index in [2.05, 4.69) is 5.43 Å². The Morgan fingerprint density at radius 2 is 1.68 bits per heavy atom. The lowest BCUT2D eigenvalue weighted by Gasteiger charge is -2.18. The van der Waals surface area contributed by atoms with Gasteiger partial charge in [0.2, 0.25) is 0 Å². The fourth-order valence-electron chi connectivity index (χ4n) is 1.90. The van der Waals surface area contributed by atoms with Crippen molar-refractivity contribution in [2.24, 2.45) is 5.84 Å². The van der Waals surface area contributed by atoms with E-state index in [1.807, 2.05) is 0 Å². The lowest BCUT2D eigenvalue weighted by atomic mass is 9.97. The maximum atomic E-state index is 14.0. The molecular weight excluding hydrogens is 270 g/mol. The van der Waals surface area contributed by atoms with Crippen molar-refractivity contribution in [2.75, 3.05) is 0 Å². The highest BCUT2D eigenvalue weighted by Gasteiger charge is 2.20. The highest BCUT2D eigenvalue weighted by molar-refractivity contribution is 6.30. The molecule has 100 valence electrons. The second-order valence-corrected chi connectivity index (χ2v) is 4.69. The first-order chi connectivity index (χ1) is 9.04. The summed E-state index contributed by atoms with van der Waals surface area (Å²) in [6, 6.07) is 9.18. The summed E-state index contributed by atoms with van der Waals surface area (Å²) in [7, 11) is 0. The molecule has 0 radical (unpaired) electrons. The first kappa shape index (κ1) is 13.9. The molecule has 19 heavy (non-hydrogen) atoms. The summed E-state index contributed by atoms with van der Waals surface area (Å²) >= 11 is 5.80. The molecule has 3 N–H and O–H groups in total. The van der Waals surface area contributed by atoms with E-state index in [0.717, 1.165) is 0 Å². The maximum Gasteiger partial charge on any atom is 0.164 e. The molecule has 1 unspecified atom stereocenters. The first-order valence-electron chi connectivity index (χ1n) is 5.70. The van der Waals surface area contributed by atoms with E-state index in [0.29, 0.717) is 10.6 Å². The standard InChI is InChI=1S/C14H13ClF2N2/c1-8-2-7-11(13(17)12(8)16)14(19-18)9-3-5-10(15)6-4-9/h2-7,14,19H,18H2,1H3. The Morgan fingerprint density at radius 3 is 2.26 bits per heavy atom. The fraction of sp³-hybridized carbons (Fsp3) is 0.143. The minimum absolute atomic E-state index is 0.160. The highest BCUT2D eigenvalue weighted by atomic mass is 35.5. The molecule has 2 aromatic rings. The van der Waals surface area contributed by atoms with Gasteiger partial charge in [-0.2, -0.15) is 0 Å². The SMILES string of the molecule is Cc1ccc(C(NN)c2ccc(Cl)cc2)c(F)c1F. The molecule has 0 aliphatic rings. The Hall–Kier alpha value is -1.49. The molecule has 0 aliphatic heterocycles. The van der Waals surface area contributed by atoms with Crippen molar-refractivity contribution >= 4 is 11.6 Å². The molecule has 0 heterocycles. The van der Waals surface area contributed by atoms with Gasteiger partial charge >= 0.3 is 0 Å². The van der Waals surface area contributed by atoms with E-state index < -0.39 is 17.7 Å². The predicted molar refractivity (Wildman–Crippen MR) is 71.7 cm³/mol. The van der Waals surface area contributed by atoms with Gasteiger partial charge in [-0.15, -0.1) is 0 Å². The van der Waals surface area contributed by atoms with Crippen LogP contribution in [0.1, 0.15) is 22.7 Å². The average molecular weight is 283 g/mol. The van der Waals surface area contributed by atoms with Gasteiger partial charge in [-0.05, 0) is 30.2 Å². The molecule has 0 amide bonds. The minimum atomic E-state index is -0.891. The highest BCUT2D eigenvalue weighted by Crippen LogP contribution is 2.27. The Morgan fingerprint density at radius 1 is 1.05 bits per heavy atom. The third-order valence-electron chi connectivity index (χ3n) is 2.99. The van der Waals surface area contributed by atoms with Crippen LogP contribution in [0.25, 0.3) is 0 Å². The minimum Gasteiger partial charge on any atom is -0.271 e. The van der Waals surface area contributed by atoms with Crippen LogP contribution in [0, 0.1) is 18.6 Å². The number of rotatable bonds is 3. The molecule has 0 saturated carbocycles. The molecule has 1 atom stereocenters. The summed E-state index contributed by atoms with van der Waals surface area (Å²) in [6.07, 6.45) is 0. The summed E-state index contributed by atoms with van der Waals surface area (Å²) in [5.74, 6) is 3.71. The molecule has 0 aromatic heterocycles. The summed E-state index contributed by atoms with van der Waals surface area (Å²) in [6.45, 7) is 1.51. The zero-order valence-corrected chi connectivity index (χ0v) is 11.0. The lowest BCUT2D eigenvalue weighted by Crippen LogP contribution is -2.29. The van der Waals surface area contributed by atoms with Gasteiger partial charge in [0.25, 0.3) is 0 Å². The van der Waals surface area contributed by atoms with E-state index in [1.165, 1.54) is 19.1 Å². The lowest BCUT2D eigenvalue weighted by molar-refractivity contribution is 0.478. The Labute approximate surface area is 115 Å². The van der Waals surface area contributed by atoms with Crippen molar-refractivity contribution in [3.05, 3.63) is 69.7 Å². The van der Waals surface area contributed by atoms with E-state index in [9.17, 15) is 8.78 Å². The quantitative estimate of drug-likeness (QED) is 0.668. The van der Waals surface area contributed by atoms with E-state index in [-0.39, 0.29) is 11.1 Å². The fourth-order valence-corrected chi connectivity index (χ4v) is 2.03. The van der Waals surface area contributed by atoms with Gasteiger partial charge in [0.1, 0.15) is 0 Å². The van der Waals surface area contributed by atoms with Crippen molar-refractivity contribution in [1.29, 1.82) is 0 Å². The number of nitrogens with one attached hydrogen (secondary N) is 1. The monoisotopic (exact) mass is 282 g/mol. The van der Waals surface area contributed by atoms with Crippen LogP contribution in [0.4, 0.5) is 8.78 Å². The van der Waals surface area contributed by atoms with Crippen LogP contribution in [0.15, 0.2) is 36.4 Å².